The zero-order chi connectivity index (χ0) is 20.8. The Bertz CT molecular complexity index is 1020. The summed E-state index contributed by atoms with van der Waals surface area (Å²) in [7, 11) is 3.30. The molecule has 4 aromatic carbocycles. The van der Waals surface area contributed by atoms with E-state index in [0.717, 1.165) is 34.0 Å². The average Bonchev–Trinajstić information content (AvgIpc) is 2.76. The molecule has 0 saturated heterocycles. The van der Waals surface area contributed by atoms with E-state index in [1.807, 2.05) is 12.1 Å². The molecule has 30 heavy (non-hydrogen) atoms. The predicted molar refractivity (Wildman–Crippen MR) is 132 cm³/mol. The highest BCUT2D eigenvalue weighted by Crippen LogP contribution is 2.42. The van der Waals surface area contributed by atoms with Gasteiger partial charge in [-0.25, -0.2) is 0 Å². The molecule has 0 amide bonds. The first kappa shape index (κ1) is 20.5. The van der Waals surface area contributed by atoms with E-state index >= 15 is 0 Å². The van der Waals surface area contributed by atoms with Crippen LogP contribution in [0, 0.1) is 0 Å². The lowest BCUT2D eigenvalue weighted by Crippen LogP contribution is -1.94. The van der Waals surface area contributed by atoms with Gasteiger partial charge >= 0.3 is 0 Å². The van der Waals surface area contributed by atoms with Crippen molar-refractivity contribution in [3.8, 4) is 0 Å². The van der Waals surface area contributed by atoms with Gasteiger partial charge in [-0.2, -0.15) is 0 Å². The molecular weight excluding hydrogens is 404 g/mol. The Morgan fingerprint density at radius 1 is 0.467 bits per heavy atom. The molecule has 0 radical (unpaired) electrons. The van der Waals surface area contributed by atoms with Gasteiger partial charge in [0.05, 0.1) is 0 Å². The quantitative estimate of drug-likeness (QED) is 0.250. The second kappa shape index (κ2) is 9.79. The minimum atomic E-state index is 0.806. The molecule has 4 N–H and O–H groups in total. The molecular formula is C26H24N2S2. The first-order chi connectivity index (χ1) is 14.7. The van der Waals surface area contributed by atoms with E-state index in [9.17, 15) is 0 Å². The van der Waals surface area contributed by atoms with Crippen LogP contribution in [0.25, 0.3) is 0 Å². The molecule has 0 aliphatic heterocycles. The monoisotopic (exact) mass is 428 g/mol. The maximum Gasteiger partial charge on any atom is 0.0463 e. The number of rotatable bonds is 7. The molecule has 0 aliphatic rings. The van der Waals surface area contributed by atoms with Gasteiger partial charge in [-0.1, -0.05) is 94.4 Å². The number of anilines is 2. The summed E-state index contributed by atoms with van der Waals surface area (Å²) in [4.78, 5) is 2.12. The molecule has 0 bridgehead atoms. The van der Waals surface area contributed by atoms with Crippen molar-refractivity contribution in [1.82, 2.24) is 0 Å². The van der Waals surface area contributed by atoms with Crippen LogP contribution in [-0.4, -0.2) is 0 Å². The van der Waals surface area contributed by atoms with E-state index in [1.165, 1.54) is 22.3 Å². The fourth-order valence-electron chi connectivity index (χ4n) is 3.32. The lowest BCUT2D eigenvalue weighted by molar-refractivity contribution is 1.18. The van der Waals surface area contributed by atoms with Crippen LogP contribution in [0.4, 0.5) is 11.4 Å². The van der Waals surface area contributed by atoms with E-state index in [-0.39, 0.29) is 0 Å². The van der Waals surface area contributed by atoms with Crippen LogP contribution in [0.5, 0.6) is 0 Å². The molecule has 0 unspecified atom stereocenters. The fourth-order valence-corrected chi connectivity index (χ4v) is 5.51. The molecule has 4 aromatic rings. The largest absolute Gasteiger partial charge is 0.398 e. The maximum absolute atomic E-state index is 6.32. The Labute approximate surface area is 186 Å². The predicted octanol–water partition coefficient (Wildman–Crippen LogP) is 6.83. The van der Waals surface area contributed by atoms with Gasteiger partial charge < -0.3 is 11.5 Å². The van der Waals surface area contributed by atoms with Gasteiger partial charge in [0.25, 0.3) is 0 Å². The summed E-state index contributed by atoms with van der Waals surface area (Å²) in [6.45, 7) is 0. The maximum atomic E-state index is 6.32. The molecule has 4 rings (SSSR count). The Morgan fingerprint density at radius 3 is 1.23 bits per heavy atom. The van der Waals surface area contributed by atoms with Crippen molar-refractivity contribution in [2.75, 3.05) is 11.5 Å². The van der Waals surface area contributed by atoms with E-state index in [4.69, 9.17) is 11.5 Å². The van der Waals surface area contributed by atoms with Gasteiger partial charge in [-0.15, -0.1) is 0 Å². The number of nitrogens with two attached hydrogens (primary N) is 2. The first-order valence-electron chi connectivity index (χ1n) is 9.86. The highest BCUT2D eigenvalue weighted by molar-refractivity contribution is 8.76. The lowest BCUT2D eigenvalue weighted by atomic mass is 10.0. The molecule has 0 fully saturated rings. The summed E-state index contributed by atoms with van der Waals surface area (Å²) in [5.41, 5.74) is 19.3. The van der Waals surface area contributed by atoms with E-state index < -0.39 is 0 Å². The number of nitrogen functional groups attached to an aromatic ring is 2. The van der Waals surface area contributed by atoms with Crippen molar-refractivity contribution in [2.24, 2.45) is 0 Å². The standard InChI is InChI=1S/C26H24N2S2/c27-23-17-21(15-19-7-3-1-4-8-19)11-13-25(23)29-30-26-14-12-22(18-24(26)28)16-20-9-5-2-6-10-20/h1-14,17-18H,15-16,27-28H2. The molecule has 0 spiro atoms. The molecule has 0 saturated carbocycles. The highest BCUT2D eigenvalue weighted by Gasteiger charge is 2.07. The molecule has 4 heteroatoms. The normalized spacial score (nSPS) is 10.8. The first-order valence-corrected chi connectivity index (χ1v) is 12.0. The van der Waals surface area contributed by atoms with Gasteiger partial charge in [0.15, 0.2) is 0 Å². The molecule has 0 aliphatic carbocycles. The summed E-state index contributed by atoms with van der Waals surface area (Å²) >= 11 is 0. The van der Waals surface area contributed by atoms with Gasteiger partial charge in [0, 0.05) is 21.2 Å². The summed E-state index contributed by atoms with van der Waals surface area (Å²) in [6.07, 6.45) is 1.78. The van der Waals surface area contributed by atoms with Crippen LogP contribution in [0.3, 0.4) is 0 Å². The summed E-state index contributed by atoms with van der Waals surface area (Å²) in [5.74, 6) is 0. The van der Waals surface area contributed by atoms with Crippen molar-refractivity contribution in [3.63, 3.8) is 0 Å². The summed E-state index contributed by atoms with van der Waals surface area (Å²) in [5, 5.41) is 0. The highest BCUT2D eigenvalue weighted by atomic mass is 33.1. The third-order valence-electron chi connectivity index (χ3n) is 4.87. The van der Waals surface area contributed by atoms with Crippen molar-refractivity contribution in [2.45, 2.75) is 22.6 Å². The van der Waals surface area contributed by atoms with E-state index in [1.54, 1.807) is 21.6 Å². The zero-order valence-corrected chi connectivity index (χ0v) is 18.3. The van der Waals surface area contributed by atoms with Gasteiger partial charge in [0.2, 0.25) is 0 Å². The van der Waals surface area contributed by atoms with Crippen LogP contribution in [0.2, 0.25) is 0 Å². The Kier molecular flexibility index (Phi) is 6.67. The van der Waals surface area contributed by atoms with E-state index in [2.05, 4.69) is 84.9 Å². The summed E-state index contributed by atoms with van der Waals surface area (Å²) < 4.78 is 0. The minimum absolute atomic E-state index is 0.806. The van der Waals surface area contributed by atoms with Crippen LogP contribution < -0.4 is 11.5 Å². The number of hydrogen-bond donors (Lipinski definition) is 2. The minimum Gasteiger partial charge on any atom is -0.398 e. The van der Waals surface area contributed by atoms with Gasteiger partial charge in [0.1, 0.15) is 0 Å². The van der Waals surface area contributed by atoms with Crippen LogP contribution in [0.1, 0.15) is 22.3 Å². The van der Waals surface area contributed by atoms with Gasteiger partial charge in [-0.05, 0) is 59.4 Å². The van der Waals surface area contributed by atoms with Crippen LogP contribution in [0.15, 0.2) is 107 Å². The average molecular weight is 429 g/mol. The second-order valence-electron chi connectivity index (χ2n) is 7.24. The van der Waals surface area contributed by atoms with Crippen molar-refractivity contribution in [3.05, 3.63) is 119 Å². The van der Waals surface area contributed by atoms with Crippen LogP contribution >= 0.6 is 21.6 Å². The van der Waals surface area contributed by atoms with Gasteiger partial charge in [-0.3, -0.25) is 0 Å². The Morgan fingerprint density at radius 2 is 0.867 bits per heavy atom. The molecule has 0 heterocycles. The Balaban J connectivity index is 1.39. The molecule has 0 atom stereocenters. The third-order valence-corrected chi connectivity index (χ3v) is 7.39. The fraction of sp³-hybridized carbons (Fsp3) is 0.0769. The smallest absolute Gasteiger partial charge is 0.0463 e. The second-order valence-corrected chi connectivity index (χ2v) is 9.45. The van der Waals surface area contributed by atoms with Crippen molar-refractivity contribution < 1.29 is 0 Å². The molecule has 150 valence electrons. The van der Waals surface area contributed by atoms with E-state index in [0.29, 0.717) is 0 Å². The third kappa shape index (κ3) is 5.41. The molecule has 0 aromatic heterocycles. The van der Waals surface area contributed by atoms with Crippen molar-refractivity contribution in [1.29, 1.82) is 0 Å². The Hall–Kier alpha value is -2.82. The molecule has 2 nitrogen and oxygen atoms in total. The van der Waals surface area contributed by atoms with Crippen molar-refractivity contribution >= 4 is 33.0 Å². The lowest BCUT2D eigenvalue weighted by Gasteiger charge is -2.10. The topological polar surface area (TPSA) is 52.0 Å². The number of benzene rings is 4. The number of hydrogen-bond acceptors (Lipinski definition) is 4. The van der Waals surface area contributed by atoms with Crippen LogP contribution in [-0.2, 0) is 12.8 Å². The zero-order valence-electron chi connectivity index (χ0n) is 16.6. The SMILES string of the molecule is Nc1cc(Cc2ccccc2)ccc1SSc1ccc(Cc2ccccc2)cc1N. The summed E-state index contributed by atoms with van der Waals surface area (Å²) in [6, 6.07) is 33.5.